The van der Waals surface area contributed by atoms with Crippen LogP contribution in [0.25, 0.3) is 0 Å². The lowest BCUT2D eigenvalue weighted by molar-refractivity contribution is 0.0731. The van der Waals surface area contributed by atoms with Crippen LogP contribution in [0, 0.1) is 0 Å². The molecule has 0 bridgehead atoms. The molecule has 0 atom stereocenters. The van der Waals surface area contributed by atoms with Crippen molar-refractivity contribution < 1.29 is 13.2 Å². The third-order valence-electron chi connectivity index (χ3n) is 4.26. The molecule has 0 aliphatic heterocycles. The van der Waals surface area contributed by atoms with E-state index in [0.717, 1.165) is 9.87 Å². The van der Waals surface area contributed by atoms with Crippen molar-refractivity contribution in [3.63, 3.8) is 0 Å². The summed E-state index contributed by atoms with van der Waals surface area (Å²) in [6.07, 6.45) is 0. The summed E-state index contributed by atoms with van der Waals surface area (Å²) in [7, 11) is 2.99. The van der Waals surface area contributed by atoms with Crippen LogP contribution >= 0.6 is 11.6 Å². The van der Waals surface area contributed by atoms with Gasteiger partial charge in [0, 0.05) is 39.3 Å². The predicted molar refractivity (Wildman–Crippen MR) is 112 cm³/mol. The van der Waals surface area contributed by atoms with Crippen molar-refractivity contribution >= 4 is 27.5 Å². The summed E-state index contributed by atoms with van der Waals surface area (Å²) in [5.41, 5.74) is 1.30. The van der Waals surface area contributed by atoms with Crippen LogP contribution in [0.5, 0.6) is 0 Å². The van der Waals surface area contributed by atoms with Gasteiger partial charge in [-0.25, -0.2) is 12.7 Å². The molecule has 1 amide bonds. The molecule has 8 heteroatoms. The van der Waals surface area contributed by atoms with E-state index in [4.69, 9.17) is 11.6 Å². The lowest BCUT2D eigenvalue weighted by Crippen LogP contribution is -2.36. The van der Waals surface area contributed by atoms with Gasteiger partial charge in [-0.3, -0.25) is 4.79 Å². The maximum atomic E-state index is 13.2. The zero-order chi connectivity index (χ0) is 20.9. The molecule has 0 spiro atoms. The Kier molecular flexibility index (Phi) is 7.60. The van der Waals surface area contributed by atoms with Crippen LogP contribution in [0.2, 0.25) is 5.02 Å². The highest BCUT2D eigenvalue weighted by atomic mass is 35.5. The fourth-order valence-corrected chi connectivity index (χ4v) is 3.98. The minimum absolute atomic E-state index is 0.0720. The van der Waals surface area contributed by atoms with Gasteiger partial charge in [0.1, 0.15) is 4.90 Å². The average molecular weight is 424 g/mol. The standard InChI is InChI=1S/C20H26ClN3O3S/c1-22(2)12-13-24(15-16-8-6-5-7-9-16)20(25)17-10-11-18(21)19(14-17)28(26,27)23(3)4/h5-11,14H,12-13,15H2,1-4H3. The number of likely N-dealkylation sites (N-methyl/N-ethyl adjacent to an activating group) is 1. The summed E-state index contributed by atoms with van der Waals surface area (Å²) in [4.78, 5) is 16.8. The molecule has 0 fully saturated rings. The smallest absolute Gasteiger partial charge is 0.254 e. The maximum absolute atomic E-state index is 13.2. The number of hydrogen-bond acceptors (Lipinski definition) is 4. The Balaban J connectivity index is 2.38. The van der Waals surface area contributed by atoms with Crippen molar-refractivity contribution in [3.8, 4) is 0 Å². The molecule has 0 unspecified atom stereocenters. The molecule has 0 aliphatic rings. The van der Waals surface area contributed by atoms with Crippen molar-refractivity contribution in [2.45, 2.75) is 11.4 Å². The van der Waals surface area contributed by atoms with Gasteiger partial charge in [0.25, 0.3) is 5.91 Å². The van der Waals surface area contributed by atoms with E-state index in [1.54, 1.807) is 11.0 Å². The molecule has 0 saturated carbocycles. The minimum Gasteiger partial charge on any atom is -0.333 e. The molecule has 28 heavy (non-hydrogen) atoms. The molecule has 0 aliphatic carbocycles. The molecule has 0 N–H and O–H groups in total. The van der Waals surface area contributed by atoms with Crippen LogP contribution in [-0.4, -0.2) is 69.7 Å². The molecule has 0 heterocycles. The van der Waals surface area contributed by atoms with Crippen molar-refractivity contribution in [1.82, 2.24) is 14.1 Å². The molecule has 2 aromatic rings. The first-order valence-electron chi connectivity index (χ1n) is 8.83. The van der Waals surface area contributed by atoms with Crippen LogP contribution in [0.3, 0.4) is 0 Å². The molecule has 0 aromatic heterocycles. The van der Waals surface area contributed by atoms with Gasteiger partial charge >= 0.3 is 0 Å². The lowest BCUT2D eigenvalue weighted by Gasteiger charge is -2.25. The summed E-state index contributed by atoms with van der Waals surface area (Å²) in [6, 6.07) is 14.1. The van der Waals surface area contributed by atoms with Crippen molar-refractivity contribution in [2.75, 3.05) is 41.3 Å². The number of benzene rings is 2. The van der Waals surface area contributed by atoms with E-state index >= 15 is 0 Å². The van der Waals surface area contributed by atoms with E-state index in [1.807, 2.05) is 49.3 Å². The number of amides is 1. The molecule has 0 saturated heterocycles. The van der Waals surface area contributed by atoms with Crippen LogP contribution in [0.1, 0.15) is 15.9 Å². The largest absolute Gasteiger partial charge is 0.333 e. The third kappa shape index (κ3) is 5.54. The Morgan fingerprint density at radius 3 is 2.18 bits per heavy atom. The van der Waals surface area contributed by atoms with E-state index in [9.17, 15) is 13.2 Å². The Morgan fingerprint density at radius 1 is 0.964 bits per heavy atom. The molecule has 2 rings (SSSR count). The van der Waals surface area contributed by atoms with E-state index < -0.39 is 10.0 Å². The van der Waals surface area contributed by atoms with Crippen LogP contribution in [0.4, 0.5) is 0 Å². The lowest BCUT2D eigenvalue weighted by atomic mass is 10.1. The van der Waals surface area contributed by atoms with Gasteiger partial charge < -0.3 is 9.80 Å². The second-order valence-corrected chi connectivity index (χ2v) is 9.48. The topological polar surface area (TPSA) is 60.9 Å². The average Bonchev–Trinajstić information content (AvgIpc) is 2.65. The van der Waals surface area contributed by atoms with Crippen molar-refractivity contribution in [3.05, 3.63) is 64.7 Å². The normalized spacial score (nSPS) is 11.8. The van der Waals surface area contributed by atoms with Gasteiger partial charge in [-0.2, -0.15) is 0 Å². The van der Waals surface area contributed by atoms with Gasteiger partial charge in [-0.1, -0.05) is 41.9 Å². The molecule has 2 aromatic carbocycles. The van der Waals surface area contributed by atoms with Crippen molar-refractivity contribution in [2.24, 2.45) is 0 Å². The van der Waals surface area contributed by atoms with E-state index in [2.05, 4.69) is 0 Å². The van der Waals surface area contributed by atoms with Crippen molar-refractivity contribution in [1.29, 1.82) is 0 Å². The third-order valence-corrected chi connectivity index (χ3v) is 6.55. The van der Waals surface area contributed by atoms with Gasteiger partial charge in [0.15, 0.2) is 0 Å². The molecular formula is C20H26ClN3O3S. The monoisotopic (exact) mass is 423 g/mol. The Morgan fingerprint density at radius 2 is 1.61 bits per heavy atom. The first kappa shape index (κ1) is 22.4. The summed E-state index contributed by atoms with van der Waals surface area (Å²) in [5.74, 6) is -0.238. The highest BCUT2D eigenvalue weighted by molar-refractivity contribution is 7.89. The number of nitrogens with zero attached hydrogens (tertiary/aromatic N) is 3. The fourth-order valence-electron chi connectivity index (χ4n) is 2.59. The second-order valence-electron chi connectivity index (χ2n) is 6.95. The quantitative estimate of drug-likeness (QED) is 0.655. The van der Waals surface area contributed by atoms with Crippen LogP contribution in [-0.2, 0) is 16.6 Å². The minimum atomic E-state index is -3.75. The summed E-state index contributed by atoms with van der Waals surface area (Å²) >= 11 is 6.10. The predicted octanol–water partition coefficient (Wildman–Crippen LogP) is 2.79. The van der Waals surface area contributed by atoms with E-state index in [0.29, 0.717) is 25.2 Å². The number of hydrogen-bond donors (Lipinski definition) is 0. The molecule has 0 radical (unpaired) electrons. The molecule has 152 valence electrons. The summed E-state index contributed by atoms with van der Waals surface area (Å²) in [6.45, 7) is 1.64. The van der Waals surface area contributed by atoms with Gasteiger partial charge in [-0.05, 0) is 37.9 Å². The highest BCUT2D eigenvalue weighted by Crippen LogP contribution is 2.25. The highest BCUT2D eigenvalue weighted by Gasteiger charge is 2.24. The number of carbonyl (C=O) groups is 1. The zero-order valence-corrected chi connectivity index (χ0v) is 18.2. The Bertz CT molecular complexity index is 916. The Labute approximate surface area is 172 Å². The van der Waals surface area contributed by atoms with Gasteiger partial charge in [0.05, 0.1) is 5.02 Å². The number of rotatable bonds is 8. The fraction of sp³-hybridized carbons (Fsp3) is 0.350. The van der Waals surface area contributed by atoms with Crippen LogP contribution in [0.15, 0.2) is 53.4 Å². The summed E-state index contributed by atoms with van der Waals surface area (Å²) in [5, 5.41) is 0.0909. The van der Waals surface area contributed by atoms with Crippen LogP contribution < -0.4 is 0 Å². The first-order chi connectivity index (χ1) is 13.1. The first-order valence-corrected chi connectivity index (χ1v) is 10.6. The van der Waals surface area contributed by atoms with E-state index in [1.165, 1.54) is 26.2 Å². The Hall–Kier alpha value is -1.93. The number of halogens is 1. The van der Waals surface area contributed by atoms with Gasteiger partial charge in [0.2, 0.25) is 10.0 Å². The maximum Gasteiger partial charge on any atom is 0.254 e. The zero-order valence-electron chi connectivity index (χ0n) is 16.6. The van der Waals surface area contributed by atoms with Gasteiger partial charge in [-0.15, -0.1) is 0 Å². The number of carbonyl (C=O) groups excluding carboxylic acids is 1. The molecular weight excluding hydrogens is 398 g/mol. The SMILES string of the molecule is CN(C)CCN(Cc1ccccc1)C(=O)c1ccc(Cl)c(S(=O)(=O)N(C)C)c1. The molecule has 6 nitrogen and oxygen atoms in total. The second kappa shape index (κ2) is 9.52. The summed E-state index contributed by atoms with van der Waals surface area (Å²) < 4.78 is 26.1. The number of sulfonamides is 1. The van der Waals surface area contributed by atoms with E-state index in [-0.39, 0.29) is 15.8 Å².